The van der Waals surface area contributed by atoms with Gasteiger partial charge >= 0.3 is 0 Å². The number of carbonyl (C=O) groups excluding carboxylic acids is 2. The first-order chi connectivity index (χ1) is 9.45. The maximum atomic E-state index is 12.3. The van der Waals surface area contributed by atoms with Crippen LogP contribution in [0.3, 0.4) is 0 Å². The van der Waals surface area contributed by atoms with Gasteiger partial charge in [-0.25, -0.2) is 4.98 Å². The first-order valence-electron chi connectivity index (χ1n) is 6.35. The maximum absolute atomic E-state index is 12.3. The Bertz CT molecular complexity index is 603. The summed E-state index contributed by atoms with van der Waals surface area (Å²) in [6.45, 7) is 0. The summed E-state index contributed by atoms with van der Waals surface area (Å²) in [5.74, 6) is 0.365. The average Bonchev–Trinajstić information content (AvgIpc) is 2.27. The minimum Gasteiger partial charge on any atom is -0.355 e. The fourth-order valence-electron chi connectivity index (χ4n) is 2.92. The summed E-state index contributed by atoms with van der Waals surface area (Å²) in [6.07, 6.45) is 2.85. The van der Waals surface area contributed by atoms with Crippen molar-refractivity contribution in [3.63, 3.8) is 0 Å². The van der Waals surface area contributed by atoms with Crippen molar-refractivity contribution in [3.05, 3.63) is 21.4 Å². The second-order valence-corrected chi connectivity index (χ2v) is 6.59. The predicted molar refractivity (Wildman–Crippen MR) is 78.7 cm³/mol. The molecule has 3 aliphatic carbocycles. The average molecular weight is 359 g/mol. The Morgan fingerprint density at radius 3 is 2.60 bits per heavy atom. The van der Waals surface area contributed by atoms with E-state index in [-0.39, 0.29) is 22.4 Å². The largest absolute Gasteiger partial charge is 0.355 e. The normalized spacial score (nSPS) is 26.2. The number of hydrogen-bond donors (Lipinski definition) is 2. The second-order valence-electron chi connectivity index (χ2n) is 5.45. The monoisotopic (exact) mass is 357 g/mol. The van der Waals surface area contributed by atoms with Crippen molar-refractivity contribution in [2.45, 2.75) is 19.3 Å². The molecule has 3 aliphatic rings. The molecule has 1 aromatic rings. The molecule has 2 N–H and O–H groups in total. The molecule has 1 aromatic heterocycles. The molecule has 5 nitrogen and oxygen atoms in total. The Morgan fingerprint density at radius 2 is 2.10 bits per heavy atom. The van der Waals surface area contributed by atoms with E-state index < -0.39 is 0 Å². The molecule has 0 radical (unpaired) electrons. The number of amides is 2. The van der Waals surface area contributed by atoms with Gasteiger partial charge in [0.1, 0.15) is 9.76 Å². The molecule has 1 heterocycles. The molecule has 2 bridgehead atoms. The number of anilines is 1. The molecule has 0 atom stereocenters. The Morgan fingerprint density at radius 1 is 1.45 bits per heavy atom. The van der Waals surface area contributed by atoms with Gasteiger partial charge in [0.05, 0.1) is 16.7 Å². The number of halogens is 2. The van der Waals surface area contributed by atoms with E-state index in [0.29, 0.717) is 21.8 Å². The first-order valence-corrected chi connectivity index (χ1v) is 7.52. The number of rotatable bonds is 3. The van der Waals surface area contributed by atoms with Gasteiger partial charge in [-0.15, -0.1) is 0 Å². The summed E-state index contributed by atoms with van der Waals surface area (Å²) in [6, 6.07) is 1.45. The topological polar surface area (TPSA) is 71.1 Å². The summed E-state index contributed by atoms with van der Waals surface area (Å²) >= 11 is 9.12. The molecule has 7 heteroatoms. The SMILES string of the molecule is CNC(=O)c1cc(Cl)nc(Br)c1NC(=O)C12CC(C1)C2. The van der Waals surface area contributed by atoms with Gasteiger partial charge < -0.3 is 10.6 Å². The minimum atomic E-state index is -0.317. The van der Waals surface area contributed by atoms with Crippen LogP contribution in [0.4, 0.5) is 5.69 Å². The lowest BCUT2D eigenvalue weighted by Crippen LogP contribution is -2.58. The lowest BCUT2D eigenvalue weighted by molar-refractivity contribution is -0.158. The van der Waals surface area contributed by atoms with E-state index in [4.69, 9.17) is 11.6 Å². The van der Waals surface area contributed by atoms with Crippen molar-refractivity contribution in [1.29, 1.82) is 0 Å². The molecular formula is C13H13BrClN3O2. The quantitative estimate of drug-likeness (QED) is 0.816. The van der Waals surface area contributed by atoms with Crippen LogP contribution in [-0.4, -0.2) is 23.8 Å². The van der Waals surface area contributed by atoms with Crippen molar-refractivity contribution in [1.82, 2.24) is 10.3 Å². The molecular weight excluding hydrogens is 346 g/mol. The Hall–Kier alpha value is -1.14. The lowest BCUT2D eigenvalue weighted by Gasteiger charge is -2.60. The summed E-state index contributed by atoms with van der Waals surface area (Å²) in [5.41, 5.74) is 0.465. The lowest BCUT2D eigenvalue weighted by atomic mass is 9.44. The van der Waals surface area contributed by atoms with Crippen LogP contribution in [0.15, 0.2) is 10.7 Å². The number of carbonyl (C=O) groups is 2. The molecule has 20 heavy (non-hydrogen) atoms. The Labute approximate surface area is 129 Å². The van der Waals surface area contributed by atoms with Crippen LogP contribution >= 0.6 is 27.5 Å². The van der Waals surface area contributed by atoms with Gasteiger partial charge in [0.25, 0.3) is 5.91 Å². The zero-order valence-corrected chi connectivity index (χ0v) is 13.1. The van der Waals surface area contributed by atoms with Gasteiger partial charge in [-0.1, -0.05) is 11.6 Å². The third kappa shape index (κ3) is 2.02. The number of pyridine rings is 1. The first kappa shape index (κ1) is 13.8. The standard InChI is InChI=1S/C13H13BrClN3O2/c1-16-11(19)7-2-8(15)17-10(14)9(7)18-12(20)13-3-6(4-13)5-13/h2,6H,3-5H2,1H3,(H,16,19)(H,18,20). The molecule has 0 aliphatic heterocycles. The van der Waals surface area contributed by atoms with Crippen molar-refractivity contribution < 1.29 is 9.59 Å². The van der Waals surface area contributed by atoms with Crippen LogP contribution in [0.1, 0.15) is 29.6 Å². The summed E-state index contributed by atoms with van der Waals surface area (Å²) in [5, 5.41) is 5.56. The number of nitrogens with zero attached hydrogens (tertiary/aromatic N) is 1. The molecule has 4 rings (SSSR count). The van der Waals surface area contributed by atoms with E-state index >= 15 is 0 Å². The number of hydrogen-bond acceptors (Lipinski definition) is 3. The van der Waals surface area contributed by atoms with Gasteiger partial charge in [0.15, 0.2) is 0 Å². The molecule has 2 amide bonds. The van der Waals surface area contributed by atoms with E-state index in [0.717, 1.165) is 19.3 Å². The molecule has 0 aromatic carbocycles. The van der Waals surface area contributed by atoms with Crippen LogP contribution < -0.4 is 10.6 Å². The van der Waals surface area contributed by atoms with E-state index in [9.17, 15) is 9.59 Å². The predicted octanol–water partition coefficient (Wildman–Crippen LogP) is 2.60. The van der Waals surface area contributed by atoms with Gasteiger partial charge in [-0.05, 0) is 47.2 Å². The van der Waals surface area contributed by atoms with Crippen LogP contribution in [-0.2, 0) is 4.79 Å². The summed E-state index contributed by atoms with van der Waals surface area (Å²) in [7, 11) is 1.53. The van der Waals surface area contributed by atoms with E-state index in [2.05, 4.69) is 31.5 Å². The number of aromatic nitrogens is 1. The highest BCUT2D eigenvalue weighted by Crippen LogP contribution is 2.64. The highest BCUT2D eigenvalue weighted by molar-refractivity contribution is 9.10. The minimum absolute atomic E-state index is 0.0324. The zero-order chi connectivity index (χ0) is 14.5. The van der Waals surface area contributed by atoms with Crippen LogP contribution in [0, 0.1) is 11.3 Å². The fraction of sp³-hybridized carbons (Fsp3) is 0.462. The van der Waals surface area contributed by atoms with Crippen LogP contribution in [0.25, 0.3) is 0 Å². The summed E-state index contributed by atoms with van der Waals surface area (Å²) in [4.78, 5) is 28.3. The van der Waals surface area contributed by atoms with Crippen molar-refractivity contribution >= 4 is 45.0 Å². The molecule has 3 fully saturated rings. The van der Waals surface area contributed by atoms with E-state index in [1.54, 1.807) is 0 Å². The third-order valence-corrected chi connectivity index (χ3v) is 4.94. The van der Waals surface area contributed by atoms with E-state index in [1.807, 2.05) is 0 Å². The molecule has 3 saturated carbocycles. The highest BCUT2D eigenvalue weighted by Gasteiger charge is 2.61. The smallest absolute Gasteiger partial charge is 0.253 e. The Balaban J connectivity index is 1.91. The summed E-state index contributed by atoms with van der Waals surface area (Å²) < 4.78 is 0.364. The van der Waals surface area contributed by atoms with Gasteiger partial charge in [0, 0.05) is 7.05 Å². The highest BCUT2D eigenvalue weighted by atomic mass is 79.9. The van der Waals surface area contributed by atoms with Gasteiger partial charge in [-0.2, -0.15) is 0 Å². The zero-order valence-electron chi connectivity index (χ0n) is 10.8. The second kappa shape index (κ2) is 4.70. The fourth-order valence-corrected chi connectivity index (χ4v) is 3.72. The van der Waals surface area contributed by atoms with Crippen molar-refractivity contribution in [3.8, 4) is 0 Å². The molecule has 0 saturated heterocycles. The van der Waals surface area contributed by atoms with Crippen molar-refractivity contribution in [2.24, 2.45) is 11.3 Å². The van der Waals surface area contributed by atoms with E-state index in [1.165, 1.54) is 13.1 Å². The van der Waals surface area contributed by atoms with Gasteiger partial charge in [-0.3, -0.25) is 9.59 Å². The van der Waals surface area contributed by atoms with Crippen LogP contribution in [0.5, 0.6) is 0 Å². The number of nitrogens with one attached hydrogen (secondary N) is 2. The molecule has 0 unspecified atom stereocenters. The van der Waals surface area contributed by atoms with Crippen molar-refractivity contribution in [2.75, 3.05) is 12.4 Å². The Kier molecular flexibility index (Phi) is 3.25. The van der Waals surface area contributed by atoms with Gasteiger partial charge in [0.2, 0.25) is 5.91 Å². The maximum Gasteiger partial charge on any atom is 0.253 e. The van der Waals surface area contributed by atoms with Crippen LogP contribution in [0.2, 0.25) is 5.15 Å². The third-order valence-electron chi connectivity index (χ3n) is 4.17. The molecule has 0 spiro atoms. The molecule has 106 valence electrons.